The second-order valence-corrected chi connectivity index (χ2v) is 4.96. The first-order valence-electron chi connectivity index (χ1n) is 6.43. The number of benzene rings is 2. The summed E-state index contributed by atoms with van der Waals surface area (Å²) >= 11 is 0. The minimum Gasteiger partial charge on any atom is -0.300 e. The van der Waals surface area contributed by atoms with Crippen LogP contribution >= 0.6 is 0 Å². The van der Waals surface area contributed by atoms with Gasteiger partial charge in [-0.2, -0.15) is 0 Å². The lowest BCUT2D eigenvalue weighted by Gasteiger charge is -2.03. The van der Waals surface area contributed by atoms with Crippen LogP contribution in [0.2, 0.25) is 0 Å². The Bertz CT molecular complexity index is 683. The summed E-state index contributed by atoms with van der Waals surface area (Å²) in [7, 11) is 0. The highest BCUT2D eigenvalue weighted by Gasteiger charge is 2.25. The molecule has 2 heteroatoms. The monoisotopic (exact) mass is 250 g/mol. The molecule has 1 aliphatic carbocycles. The second-order valence-electron chi connectivity index (χ2n) is 4.96. The van der Waals surface area contributed by atoms with Crippen molar-refractivity contribution < 1.29 is 9.59 Å². The van der Waals surface area contributed by atoms with Gasteiger partial charge in [0.1, 0.15) is 5.78 Å². The van der Waals surface area contributed by atoms with E-state index < -0.39 is 0 Å². The Kier molecular flexibility index (Phi) is 2.79. The van der Waals surface area contributed by atoms with Crippen LogP contribution in [-0.2, 0) is 11.2 Å². The van der Waals surface area contributed by atoms with Gasteiger partial charge in [-0.05, 0) is 36.1 Å². The van der Waals surface area contributed by atoms with Crippen molar-refractivity contribution in [3.63, 3.8) is 0 Å². The molecule has 0 saturated heterocycles. The predicted molar refractivity (Wildman–Crippen MR) is 74.3 cm³/mol. The van der Waals surface area contributed by atoms with E-state index in [1.165, 1.54) is 0 Å². The number of Topliss-reactive ketones (excluding diaryl/α,β-unsaturated/α-hetero) is 1. The zero-order valence-electron chi connectivity index (χ0n) is 10.8. The molecule has 1 aliphatic rings. The van der Waals surface area contributed by atoms with Crippen molar-refractivity contribution in [1.29, 1.82) is 0 Å². The minimum atomic E-state index is 0.0928. The Labute approximate surface area is 112 Å². The van der Waals surface area contributed by atoms with Gasteiger partial charge in [0.05, 0.1) is 0 Å². The molecule has 19 heavy (non-hydrogen) atoms. The molecule has 0 radical (unpaired) electrons. The zero-order chi connectivity index (χ0) is 13.4. The Balaban J connectivity index is 2.00. The van der Waals surface area contributed by atoms with Crippen LogP contribution in [-0.4, -0.2) is 11.6 Å². The van der Waals surface area contributed by atoms with Gasteiger partial charge in [0.2, 0.25) is 0 Å². The molecule has 2 nitrogen and oxygen atoms in total. The zero-order valence-corrected chi connectivity index (χ0v) is 10.8. The van der Waals surface area contributed by atoms with Crippen LogP contribution in [0, 0.1) is 0 Å². The summed E-state index contributed by atoms with van der Waals surface area (Å²) in [6.07, 6.45) is 1.23. The first-order chi connectivity index (χ1) is 9.16. The quantitative estimate of drug-likeness (QED) is 0.713. The molecule has 0 heterocycles. The third kappa shape index (κ3) is 1.99. The van der Waals surface area contributed by atoms with Gasteiger partial charge in [0.15, 0.2) is 5.78 Å². The number of carbonyl (C=O) groups is 2. The van der Waals surface area contributed by atoms with Crippen molar-refractivity contribution in [2.24, 2.45) is 0 Å². The molecule has 0 saturated carbocycles. The largest absolute Gasteiger partial charge is 0.300 e. The number of hydrogen-bond acceptors (Lipinski definition) is 2. The fraction of sp³-hybridized carbons (Fsp3) is 0.176. The number of carbonyl (C=O) groups excluding carboxylic acids is 2. The topological polar surface area (TPSA) is 34.1 Å². The van der Waals surface area contributed by atoms with Crippen molar-refractivity contribution in [2.45, 2.75) is 19.8 Å². The number of aryl methyl sites for hydroxylation is 1. The average molecular weight is 250 g/mol. The first-order valence-corrected chi connectivity index (χ1v) is 6.43. The van der Waals surface area contributed by atoms with Gasteiger partial charge in [0, 0.05) is 17.5 Å². The number of hydrogen-bond donors (Lipinski definition) is 0. The van der Waals surface area contributed by atoms with Gasteiger partial charge in [-0.15, -0.1) is 0 Å². The molecule has 0 atom stereocenters. The highest BCUT2D eigenvalue weighted by atomic mass is 16.1. The molecule has 0 unspecified atom stereocenters. The molecular weight excluding hydrogens is 236 g/mol. The van der Waals surface area contributed by atoms with E-state index >= 15 is 0 Å². The van der Waals surface area contributed by atoms with Gasteiger partial charge < -0.3 is 4.79 Å². The van der Waals surface area contributed by atoms with Crippen LogP contribution in [0.5, 0.6) is 0 Å². The van der Waals surface area contributed by atoms with Crippen LogP contribution in [0.25, 0.3) is 11.1 Å². The molecule has 0 bridgehead atoms. The third-order valence-electron chi connectivity index (χ3n) is 3.56. The molecule has 2 aromatic carbocycles. The van der Waals surface area contributed by atoms with E-state index in [9.17, 15) is 9.59 Å². The summed E-state index contributed by atoms with van der Waals surface area (Å²) in [5.41, 5.74) is 4.62. The maximum atomic E-state index is 12.3. The highest BCUT2D eigenvalue weighted by molar-refractivity contribution is 6.21. The van der Waals surface area contributed by atoms with E-state index in [-0.39, 0.29) is 11.6 Å². The molecule has 3 rings (SSSR count). The number of ketones is 2. The summed E-state index contributed by atoms with van der Waals surface area (Å²) in [5, 5.41) is 0. The first kappa shape index (κ1) is 11.8. The summed E-state index contributed by atoms with van der Waals surface area (Å²) in [4.78, 5) is 23.3. The molecule has 0 fully saturated rings. The van der Waals surface area contributed by atoms with Crippen molar-refractivity contribution in [3.05, 3.63) is 59.2 Å². The molecule has 0 aliphatic heterocycles. The van der Waals surface area contributed by atoms with Gasteiger partial charge >= 0.3 is 0 Å². The summed E-state index contributed by atoms with van der Waals surface area (Å²) in [6, 6.07) is 13.6. The van der Waals surface area contributed by atoms with E-state index in [1.807, 2.05) is 42.5 Å². The molecule has 0 N–H and O–H groups in total. The van der Waals surface area contributed by atoms with Gasteiger partial charge in [-0.3, -0.25) is 4.79 Å². The summed E-state index contributed by atoms with van der Waals surface area (Å²) in [5.74, 6) is 0.269. The minimum absolute atomic E-state index is 0.0928. The Morgan fingerprint density at radius 2 is 1.63 bits per heavy atom. The lowest BCUT2D eigenvalue weighted by Crippen LogP contribution is -1.98. The normalized spacial score (nSPS) is 12.2. The Morgan fingerprint density at radius 1 is 0.947 bits per heavy atom. The fourth-order valence-electron chi connectivity index (χ4n) is 2.55. The standard InChI is InChI=1S/C17H14O2/c1-11(18)6-7-12-8-9-14-13-4-2-3-5-15(13)17(19)16(14)10-12/h2-5,8-10H,6-7H2,1H3. The maximum absolute atomic E-state index is 12.3. The smallest absolute Gasteiger partial charge is 0.194 e. The van der Waals surface area contributed by atoms with Gasteiger partial charge in [0.25, 0.3) is 0 Å². The van der Waals surface area contributed by atoms with E-state index in [0.29, 0.717) is 12.8 Å². The maximum Gasteiger partial charge on any atom is 0.194 e. The van der Waals surface area contributed by atoms with Crippen LogP contribution in [0.15, 0.2) is 42.5 Å². The van der Waals surface area contributed by atoms with Gasteiger partial charge in [-0.25, -0.2) is 0 Å². The highest BCUT2D eigenvalue weighted by Crippen LogP contribution is 2.36. The molecule has 2 aromatic rings. The van der Waals surface area contributed by atoms with Crippen LogP contribution < -0.4 is 0 Å². The summed E-state index contributed by atoms with van der Waals surface area (Å²) in [6.45, 7) is 1.59. The van der Waals surface area contributed by atoms with Crippen LogP contribution in [0.4, 0.5) is 0 Å². The predicted octanol–water partition coefficient (Wildman–Crippen LogP) is 3.42. The molecule has 0 spiro atoms. The van der Waals surface area contributed by atoms with Gasteiger partial charge in [-0.1, -0.05) is 36.4 Å². The van der Waals surface area contributed by atoms with E-state index in [1.54, 1.807) is 6.92 Å². The molecule has 0 aromatic heterocycles. The second kappa shape index (κ2) is 4.47. The fourth-order valence-corrected chi connectivity index (χ4v) is 2.55. The van der Waals surface area contributed by atoms with Crippen molar-refractivity contribution in [3.8, 4) is 11.1 Å². The third-order valence-corrected chi connectivity index (χ3v) is 3.56. The van der Waals surface area contributed by atoms with Crippen LogP contribution in [0.1, 0.15) is 34.8 Å². The van der Waals surface area contributed by atoms with Crippen molar-refractivity contribution >= 4 is 11.6 Å². The lowest BCUT2D eigenvalue weighted by atomic mass is 10.0. The number of fused-ring (bicyclic) bond motifs is 3. The Morgan fingerprint density at radius 3 is 2.37 bits per heavy atom. The Hall–Kier alpha value is -2.22. The van der Waals surface area contributed by atoms with Crippen molar-refractivity contribution in [2.75, 3.05) is 0 Å². The SMILES string of the molecule is CC(=O)CCc1ccc2c(c1)C(=O)c1ccccc1-2. The van der Waals surface area contributed by atoms with Crippen molar-refractivity contribution in [1.82, 2.24) is 0 Å². The van der Waals surface area contributed by atoms with E-state index in [0.717, 1.165) is 27.8 Å². The van der Waals surface area contributed by atoms with Crippen LogP contribution in [0.3, 0.4) is 0 Å². The molecule has 94 valence electrons. The molecule has 0 amide bonds. The molecular formula is C17H14O2. The van der Waals surface area contributed by atoms with E-state index in [2.05, 4.69) is 0 Å². The lowest BCUT2D eigenvalue weighted by molar-refractivity contribution is -0.116. The average Bonchev–Trinajstić information content (AvgIpc) is 2.71. The van der Waals surface area contributed by atoms with E-state index in [4.69, 9.17) is 0 Å². The summed E-state index contributed by atoms with van der Waals surface area (Å²) < 4.78 is 0. The number of rotatable bonds is 3.